The van der Waals surface area contributed by atoms with E-state index < -0.39 is 5.97 Å². The van der Waals surface area contributed by atoms with Crippen molar-refractivity contribution in [2.24, 2.45) is 0 Å². The highest BCUT2D eigenvalue weighted by Crippen LogP contribution is 2.19. The summed E-state index contributed by atoms with van der Waals surface area (Å²) in [6.07, 6.45) is 2.31. The summed E-state index contributed by atoms with van der Waals surface area (Å²) in [7, 11) is 0. The highest BCUT2D eigenvalue weighted by molar-refractivity contribution is 5.91. The molecule has 0 bridgehead atoms. The van der Waals surface area contributed by atoms with Gasteiger partial charge in [-0.3, -0.25) is 0 Å². The minimum atomic E-state index is -0.405. The molecule has 0 unspecified atom stereocenters. The van der Waals surface area contributed by atoms with Crippen LogP contribution in [0.2, 0.25) is 0 Å². The van der Waals surface area contributed by atoms with Gasteiger partial charge in [-0.1, -0.05) is 0 Å². The van der Waals surface area contributed by atoms with E-state index in [0.717, 1.165) is 19.3 Å². The lowest BCUT2D eigenvalue weighted by Gasteiger charge is -2.08. The predicted octanol–water partition coefficient (Wildman–Crippen LogP) is 1.99. The van der Waals surface area contributed by atoms with Crippen LogP contribution in [0.1, 0.15) is 36.5 Å². The van der Waals surface area contributed by atoms with Crippen LogP contribution < -0.4 is 10.5 Å². The third kappa shape index (κ3) is 5.61. The van der Waals surface area contributed by atoms with Gasteiger partial charge in [-0.15, -0.1) is 0 Å². The molecule has 0 aliphatic rings. The number of carbonyl (C=O) groups excluding carboxylic acids is 1. The first-order chi connectivity index (χ1) is 9.17. The summed E-state index contributed by atoms with van der Waals surface area (Å²) >= 11 is 0. The molecule has 0 aliphatic heterocycles. The molecular weight excluding hydrogens is 246 g/mol. The van der Waals surface area contributed by atoms with Crippen LogP contribution in [0, 0.1) is 0 Å². The van der Waals surface area contributed by atoms with Gasteiger partial charge in [0.15, 0.2) is 0 Å². The third-order valence-electron chi connectivity index (χ3n) is 2.51. The standard InChI is InChI=1S/C14H21NO4/c1-2-18-13-9-11(8-12(15)10-13)14(17)19-7-5-3-4-6-16/h8-10,16H,2-7,15H2,1H3. The van der Waals surface area contributed by atoms with Crippen molar-refractivity contribution in [3.05, 3.63) is 23.8 Å². The van der Waals surface area contributed by atoms with Crippen LogP contribution in [-0.4, -0.2) is 30.9 Å². The molecule has 0 saturated carbocycles. The minimum Gasteiger partial charge on any atom is -0.494 e. The number of rotatable bonds is 8. The molecule has 0 atom stereocenters. The Labute approximate surface area is 113 Å². The SMILES string of the molecule is CCOc1cc(N)cc(C(=O)OCCCCCO)c1. The molecule has 19 heavy (non-hydrogen) atoms. The molecule has 5 nitrogen and oxygen atoms in total. The largest absolute Gasteiger partial charge is 0.494 e. The Kier molecular flexibility index (Phi) is 6.74. The number of unbranched alkanes of at least 4 members (excludes halogenated alkanes) is 2. The topological polar surface area (TPSA) is 81.8 Å². The van der Waals surface area contributed by atoms with E-state index in [-0.39, 0.29) is 6.61 Å². The van der Waals surface area contributed by atoms with Crippen LogP contribution in [0.3, 0.4) is 0 Å². The molecule has 0 radical (unpaired) electrons. The number of esters is 1. The van der Waals surface area contributed by atoms with Gasteiger partial charge in [0.05, 0.1) is 18.8 Å². The number of carbonyl (C=O) groups is 1. The van der Waals surface area contributed by atoms with Crippen molar-refractivity contribution in [3.63, 3.8) is 0 Å². The number of hydrogen-bond donors (Lipinski definition) is 2. The maximum Gasteiger partial charge on any atom is 0.338 e. The Morgan fingerprint density at radius 3 is 2.74 bits per heavy atom. The number of nitrogen functional groups attached to an aromatic ring is 1. The van der Waals surface area contributed by atoms with Gasteiger partial charge in [-0.05, 0) is 38.3 Å². The number of aliphatic hydroxyl groups excluding tert-OH is 1. The van der Waals surface area contributed by atoms with Crippen molar-refractivity contribution in [1.82, 2.24) is 0 Å². The van der Waals surface area contributed by atoms with Crippen molar-refractivity contribution >= 4 is 11.7 Å². The number of nitrogens with two attached hydrogens (primary N) is 1. The Balaban J connectivity index is 2.51. The third-order valence-corrected chi connectivity index (χ3v) is 2.51. The van der Waals surface area contributed by atoms with Gasteiger partial charge >= 0.3 is 5.97 Å². The Bertz CT molecular complexity index is 406. The lowest BCUT2D eigenvalue weighted by atomic mass is 10.2. The molecule has 0 heterocycles. The molecule has 1 aromatic rings. The van der Waals surface area contributed by atoms with Crippen LogP contribution in [-0.2, 0) is 4.74 Å². The fourth-order valence-electron chi connectivity index (χ4n) is 1.63. The molecule has 1 aromatic carbocycles. The zero-order valence-electron chi connectivity index (χ0n) is 11.2. The highest BCUT2D eigenvalue weighted by Gasteiger charge is 2.09. The fraction of sp³-hybridized carbons (Fsp3) is 0.500. The Morgan fingerprint density at radius 1 is 1.26 bits per heavy atom. The monoisotopic (exact) mass is 267 g/mol. The first-order valence-electron chi connectivity index (χ1n) is 6.48. The molecule has 3 N–H and O–H groups in total. The minimum absolute atomic E-state index is 0.168. The average Bonchev–Trinajstić information content (AvgIpc) is 2.38. The number of aliphatic hydroxyl groups is 1. The van der Waals surface area contributed by atoms with Crippen molar-refractivity contribution in [3.8, 4) is 5.75 Å². The number of hydrogen-bond acceptors (Lipinski definition) is 5. The van der Waals surface area contributed by atoms with Gasteiger partial charge in [0.2, 0.25) is 0 Å². The van der Waals surface area contributed by atoms with Crippen molar-refractivity contribution in [2.75, 3.05) is 25.6 Å². The summed E-state index contributed by atoms with van der Waals surface area (Å²) < 4.78 is 10.5. The van der Waals surface area contributed by atoms with Gasteiger partial charge < -0.3 is 20.3 Å². The zero-order valence-corrected chi connectivity index (χ0v) is 11.2. The molecule has 0 aliphatic carbocycles. The molecule has 106 valence electrons. The quantitative estimate of drug-likeness (QED) is 0.427. The van der Waals surface area contributed by atoms with Crippen LogP contribution in [0.5, 0.6) is 5.75 Å². The van der Waals surface area contributed by atoms with Gasteiger partial charge in [0, 0.05) is 18.4 Å². The lowest BCUT2D eigenvalue weighted by Crippen LogP contribution is -2.08. The summed E-state index contributed by atoms with van der Waals surface area (Å²) in [4.78, 5) is 11.8. The number of anilines is 1. The molecule has 0 spiro atoms. The maximum atomic E-state index is 11.8. The van der Waals surface area contributed by atoms with Crippen molar-refractivity contribution in [2.45, 2.75) is 26.2 Å². The van der Waals surface area contributed by atoms with E-state index in [1.54, 1.807) is 18.2 Å². The predicted molar refractivity (Wildman–Crippen MR) is 73.2 cm³/mol. The van der Waals surface area contributed by atoms with Crippen molar-refractivity contribution < 1.29 is 19.4 Å². The van der Waals surface area contributed by atoms with Gasteiger partial charge in [-0.2, -0.15) is 0 Å². The summed E-state index contributed by atoms with van der Waals surface area (Å²) in [5.74, 6) is 0.159. The van der Waals surface area contributed by atoms with E-state index >= 15 is 0 Å². The smallest absolute Gasteiger partial charge is 0.338 e. The van der Waals surface area contributed by atoms with Crippen molar-refractivity contribution in [1.29, 1.82) is 0 Å². The van der Waals surface area contributed by atoms with E-state index in [9.17, 15) is 4.79 Å². The highest BCUT2D eigenvalue weighted by atomic mass is 16.5. The molecule has 0 fully saturated rings. The van der Waals surface area contributed by atoms with Crippen LogP contribution >= 0.6 is 0 Å². The van der Waals surface area contributed by atoms with Gasteiger partial charge in [-0.25, -0.2) is 4.79 Å². The second-order valence-electron chi connectivity index (χ2n) is 4.14. The van der Waals surface area contributed by atoms with E-state index in [1.807, 2.05) is 6.92 Å². The molecule has 0 saturated heterocycles. The number of ether oxygens (including phenoxy) is 2. The number of benzene rings is 1. The Hall–Kier alpha value is -1.75. The second kappa shape index (κ2) is 8.37. The van der Waals surface area contributed by atoms with E-state index in [2.05, 4.69) is 0 Å². The molecule has 5 heteroatoms. The molecule has 1 rings (SSSR count). The summed E-state index contributed by atoms with van der Waals surface area (Å²) in [6, 6.07) is 4.86. The zero-order chi connectivity index (χ0) is 14.1. The summed E-state index contributed by atoms with van der Waals surface area (Å²) in [5.41, 5.74) is 6.57. The second-order valence-corrected chi connectivity index (χ2v) is 4.14. The summed E-state index contributed by atoms with van der Waals surface area (Å²) in [5, 5.41) is 8.63. The molecule has 0 amide bonds. The Morgan fingerprint density at radius 2 is 2.05 bits per heavy atom. The van der Waals surface area contributed by atoms with Crippen LogP contribution in [0.4, 0.5) is 5.69 Å². The maximum absolute atomic E-state index is 11.8. The van der Waals surface area contributed by atoms with Gasteiger partial charge in [0.25, 0.3) is 0 Å². The first kappa shape index (κ1) is 15.3. The summed E-state index contributed by atoms with van der Waals surface area (Å²) in [6.45, 7) is 2.89. The van der Waals surface area contributed by atoms with E-state index in [1.165, 1.54) is 0 Å². The first-order valence-corrected chi connectivity index (χ1v) is 6.48. The molecular formula is C14H21NO4. The average molecular weight is 267 g/mol. The fourth-order valence-corrected chi connectivity index (χ4v) is 1.63. The lowest BCUT2D eigenvalue weighted by molar-refractivity contribution is 0.0496. The van der Waals surface area contributed by atoms with E-state index in [0.29, 0.717) is 30.2 Å². The normalized spacial score (nSPS) is 10.2. The van der Waals surface area contributed by atoms with Crippen LogP contribution in [0.15, 0.2) is 18.2 Å². The molecule has 0 aromatic heterocycles. The van der Waals surface area contributed by atoms with Crippen LogP contribution in [0.25, 0.3) is 0 Å². The van der Waals surface area contributed by atoms with E-state index in [4.69, 9.17) is 20.3 Å². The van der Waals surface area contributed by atoms with Gasteiger partial charge in [0.1, 0.15) is 5.75 Å².